The van der Waals surface area contributed by atoms with E-state index in [1.165, 1.54) is 53.7 Å². The van der Waals surface area contributed by atoms with Crippen LogP contribution in [0.25, 0.3) is 37.5 Å². The van der Waals surface area contributed by atoms with E-state index < -0.39 is 0 Å². The van der Waals surface area contributed by atoms with Crippen LogP contribution in [-0.2, 0) is 7.05 Å². The van der Waals surface area contributed by atoms with Crippen LogP contribution in [0, 0.1) is 0 Å². The van der Waals surface area contributed by atoms with Gasteiger partial charge in [-0.15, -0.1) is 0 Å². The fourth-order valence-corrected chi connectivity index (χ4v) is 7.31. The van der Waals surface area contributed by atoms with Crippen molar-refractivity contribution in [3.05, 3.63) is 180 Å². The Balaban J connectivity index is 1.40. The molecule has 2 heteroatoms. The van der Waals surface area contributed by atoms with Crippen LogP contribution in [0.3, 0.4) is 0 Å². The van der Waals surface area contributed by atoms with Crippen LogP contribution in [0.5, 0.6) is 0 Å². The molecule has 5 aromatic rings. The second-order valence-corrected chi connectivity index (χ2v) is 12.0. The molecule has 0 radical (unpaired) electrons. The summed E-state index contributed by atoms with van der Waals surface area (Å²) in [4.78, 5) is 0. The summed E-state index contributed by atoms with van der Waals surface area (Å²) in [5.74, 6) is 0. The zero-order chi connectivity index (χ0) is 27.1. The molecule has 1 nitrogen and oxygen atoms in total. The number of allylic oxidation sites excluding steroid dienone is 5. The van der Waals surface area contributed by atoms with Gasteiger partial charge in [0.1, 0.15) is 0 Å². The summed E-state index contributed by atoms with van der Waals surface area (Å²) in [6, 6.07) is 47.3. The van der Waals surface area contributed by atoms with Crippen LogP contribution in [0.15, 0.2) is 163 Å². The van der Waals surface area contributed by atoms with Gasteiger partial charge in [0.05, 0.1) is 0 Å². The van der Waals surface area contributed by atoms with Gasteiger partial charge in [-0.05, 0) is 0 Å². The van der Waals surface area contributed by atoms with E-state index in [1.807, 2.05) is 0 Å². The van der Waals surface area contributed by atoms with Crippen molar-refractivity contribution >= 4 is 30.0 Å². The molecule has 0 saturated carbocycles. The van der Waals surface area contributed by atoms with Crippen molar-refractivity contribution in [3.8, 4) is 22.5 Å². The number of aromatic nitrogens is 1. The molecule has 0 bridgehead atoms. The Bertz CT molecular complexity index is 1610. The summed E-state index contributed by atoms with van der Waals surface area (Å²) in [5, 5.41) is 0. The zero-order valence-corrected chi connectivity index (χ0v) is 24.2. The van der Waals surface area contributed by atoms with Crippen LogP contribution in [0.4, 0.5) is 0 Å². The van der Waals surface area contributed by atoms with Crippen LogP contribution in [-0.4, -0.2) is 15.0 Å². The second-order valence-electron chi connectivity index (χ2n) is 9.73. The van der Waals surface area contributed by atoms with Crippen molar-refractivity contribution < 1.29 is 4.57 Å². The van der Waals surface area contributed by atoms with E-state index in [0.29, 0.717) is 0 Å². The van der Waals surface area contributed by atoms with Gasteiger partial charge in [-0.25, -0.2) is 0 Å². The number of nitrogens with zero attached hydrogens (tertiary/aromatic N) is 1. The van der Waals surface area contributed by atoms with Crippen molar-refractivity contribution in [2.75, 3.05) is 0 Å². The Morgan fingerprint density at radius 1 is 0.525 bits per heavy atom. The van der Waals surface area contributed by atoms with E-state index in [0.717, 1.165) is 0 Å². The van der Waals surface area contributed by atoms with Gasteiger partial charge in [0, 0.05) is 0 Å². The Labute approximate surface area is 243 Å². The quantitative estimate of drug-likeness (QED) is 0.140. The van der Waals surface area contributed by atoms with Crippen LogP contribution >= 0.6 is 0 Å². The maximum absolute atomic E-state index is 2.35. The number of benzene rings is 4. The molecule has 192 valence electrons. The first-order valence-electron chi connectivity index (χ1n) is 13.5. The Morgan fingerprint density at radius 3 is 1.35 bits per heavy atom. The van der Waals surface area contributed by atoms with Crippen LogP contribution < -0.4 is 4.57 Å². The average Bonchev–Trinajstić information content (AvgIpc) is 3.03. The molecule has 1 aromatic heterocycles. The third-order valence-electron chi connectivity index (χ3n) is 6.98. The van der Waals surface area contributed by atoms with Crippen molar-refractivity contribution in [3.63, 3.8) is 0 Å². The monoisotopic (exact) mass is 580 g/mol. The Hall–Kier alpha value is -4.49. The molecule has 1 aliphatic heterocycles. The first-order valence-corrected chi connectivity index (χ1v) is 15.2. The van der Waals surface area contributed by atoms with Crippen molar-refractivity contribution in [1.29, 1.82) is 0 Å². The van der Waals surface area contributed by atoms with E-state index in [1.54, 1.807) is 0 Å². The molecule has 40 heavy (non-hydrogen) atoms. The van der Waals surface area contributed by atoms with Crippen molar-refractivity contribution in [1.82, 2.24) is 0 Å². The normalized spacial score (nSPS) is 13.2. The molecule has 0 atom stereocenters. The minimum absolute atomic E-state index is 0.243. The molecule has 0 aliphatic carbocycles. The molecule has 0 spiro atoms. The summed E-state index contributed by atoms with van der Waals surface area (Å²) < 4.78 is 5.09. The number of hydrogen-bond donors (Lipinski definition) is 0. The van der Waals surface area contributed by atoms with Crippen LogP contribution in [0.1, 0.15) is 16.7 Å². The number of hydrogen-bond acceptors (Lipinski definition) is 0. The fourth-order valence-electron chi connectivity index (χ4n) is 4.93. The SMILES string of the molecule is C[n+]1c(-c2ccccc2)cc(/C=C/C=C2C=C(c3ccccc3)[Se]C(c3ccccc3)=C2)cc1-c1ccccc1. The summed E-state index contributed by atoms with van der Waals surface area (Å²) in [6.07, 6.45) is 11.3. The molecule has 0 N–H and O–H groups in total. The summed E-state index contributed by atoms with van der Waals surface area (Å²) in [5.41, 5.74) is 9.78. The fraction of sp³-hybridized carbons (Fsp3) is 0.0263. The molecule has 0 unspecified atom stereocenters. The van der Waals surface area contributed by atoms with Crippen LogP contribution in [0.2, 0.25) is 0 Å². The van der Waals surface area contributed by atoms with E-state index in [2.05, 4.69) is 175 Å². The molecule has 0 fully saturated rings. The first-order chi connectivity index (χ1) is 19.7. The third kappa shape index (κ3) is 5.89. The molecule has 2 heterocycles. The van der Waals surface area contributed by atoms with Crippen molar-refractivity contribution in [2.45, 2.75) is 0 Å². The first kappa shape index (κ1) is 25.8. The molecular weight excluding hydrogens is 549 g/mol. The molecule has 0 amide bonds. The summed E-state index contributed by atoms with van der Waals surface area (Å²) in [6.45, 7) is 0. The van der Waals surface area contributed by atoms with Gasteiger partial charge in [0.2, 0.25) is 0 Å². The Kier molecular flexibility index (Phi) is 7.82. The van der Waals surface area contributed by atoms with Crippen molar-refractivity contribution in [2.24, 2.45) is 7.05 Å². The van der Waals surface area contributed by atoms with Gasteiger partial charge in [0.25, 0.3) is 0 Å². The van der Waals surface area contributed by atoms with Gasteiger partial charge in [-0.1, -0.05) is 12.1 Å². The van der Waals surface area contributed by atoms with Gasteiger partial charge in [-0.2, -0.15) is 0 Å². The van der Waals surface area contributed by atoms with E-state index in [9.17, 15) is 0 Å². The number of pyridine rings is 1. The third-order valence-corrected chi connectivity index (χ3v) is 9.38. The molecule has 4 aromatic carbocycles. The summed E-state index contributed by atoms with van der Waals surface area (Å²) in [7, 11) is 2.15. The molecule has 0 saturated heterocycles. The van der Waals surface area contributed by atoms with E-state index >= 15 is 0 Å². The predicted molar refractivity (Wildman–Crippen MR) is 170 cm³/mol. The standard InChI is InChI=1S/C38H30NSe/c1-39-35(31-17-6-2-7-18-31)25-29(26-36(39)32-19-8-3-9-20-32)15-14-16-30-27-37(33-21-10-4-11-22-33)40-38(28-30)34-23-12-5-13-24-34/h2-28H,1H3/q+1/b15-14+. The van der Waals surface area contributed by atoms with Gasteiger partial charge < -0.3 is 0 Å². The summed E-state index contributed by atoms with van der Waals surface area (Å²) >= 11 is 0.243. The predicted octanol–water partition coefficient (Wildman–Crippen LogP) is 8.58. The van der Waals surface area contributed by atoms with E-state index in [4.69, 9.17) is 0 Å². The number of rotatable bonds is 6. The second kappa shape index (κ2) is 12.1. The molecular formula is C38H30NSe+. The van der Waals surface area contributed by atoms with Gasteiger partial charge in [-0.3, -0.25) is 0 Å². The molecule has 6 rings (SSSR count). The molecule has 1 aliphatic rings. The van der Waals surface area contributed by atoms with Gasteiger partial charge >= 0.3 is 232 Å². The minimum atomic E-state index is 0.243. The Morgan fingerprint density at radius 2 is 0.925 bits per heavy atom. The topological polar surface area (TPSA) is 3.88 Å². The maximum atomic E-state index is 2.35. The average molecular weight is 580 g/mol. The zero-order valence-electron chi connectivity index (χ0n) is 22.4. The van der Waals surface area contributed by atoms with Gasteiger partial charge in [0.15, 0.2) is 0 Å². The van der Waals surface area contributed by atoms with E-state index in [-0.39, 0.29) is 15.0 Å².